The van der Waals surface area contributed by atoms with Gasteiger partial charge < -0.3 is 0 Å². The molecule has 1 nitrogen and oxygen atoms in total. The van der Waals surface area contributed by atoms with E-state index in [2.05, 4.69) is 6.92 Å². The minimum absolute atomic E-state index is 0.0686. The van der Waals surface area contributed by atoms with Crippen LogP contribution in [0.5, 0.6) is 0 Å². The van der Waals surface area contributed by atoms with Crippen LogP contribution in [-0.2, 0) is 6.32 Å². The van der Waals surface area contributed by atoms with Gasteiger partial charge >= 0.3 is 11.5 Å². The van der Waals surface area contributed by atoms with E-state index < -0.39 is 34.5 Å². The van der Waals surface area contributed by atoms with Crippen molar-refractivity contribution in [3.63, 3.8) is 0 Å². The number of halogens is 5. The molecule has 0 amide bonds. The van der Waals surface area contributed by atoms with E-state index in [9.17, 15) is 22.0 Å². The number of benzene rings is 2. The predicted octanol–water partition coefficient (Wildman–Crippen LogP) is 5.40. The fraction of sp³-hybridized carbons (Fsp3) is 0.190. The Balaban J connectivity index is 0.000000261. The third kappa shape index (κ3) is 5.41. The van der Waals surface area contributed by atoms with Gasteiger partial charge in [0.25, 0.3) is 0 Å². The summed E-state index contributed by atoms with van der Waals surface area (Å²) in [6, 6.07) is 12.6. The van der Waals surface area contributed by atoms with Crippen molar-refractivity contribution < 1.29 is 26.4 Å². The van der Waals surface area contributed by atoms with Gasteiger partial charge in [0, 0.05) is 12.1 Å². The van der Waals surface area contributed by atoms with Crippen molar-refractivity contribution in [1.82, 2.24) is 0 Å². The molecule has 0 saturated heterocycles. The van der Waals surface area contributed by atoms with Crippen LogP contribution in [0.2, 0.25) is 0 Å². The van der Waals surface area contributed by atoms with E-state index in [1.165, 1.54) is 5.56 Å². The lowest BCUT2D eigenvalue weighted by molar-refractivity contribution is 0.384. The van der Waals surface area contributed by atoms with Crippen molar-refractivity contribution in [2.45, 2.75) is 27.1 Å². The Kier molecular flexibility index (Phi) is 7.32. The van der Waals surface area contributed by atoms with Gasteiger partial charge in [0.2, 0.25) is 0 Å². The highest BCUT2D eigenvalue weighted by Gasteiger charge is 2.25. The average Bonchev–Trinajstić information content (AvgIpc) is 2.65. The first-order valence-electron chi connectivity index (χ1n) is 8.47. The summed E-state index contributed by atoms with van der Waals surface area (Å²) in [6.45, 7) is 5.98. The highest BCUT2D eigenvalue weighted by atomic mass is 19.2. The highest BCUT2D eigenvalue weighted by Crippen LogP contribution is 2.16. The van der Waals surface area contributed by atoms with Gasteiger partial charge in [-0.1, -0.05) is 35.9 Å². The van der Waals surface area contributed by atoms with Gasteiger partial charge in [0.15, 0.2) is 36.4 Å². The molecule has 7 heteroatoms. The van der Waals surface area contributed by atoms with Gasteiger partial charge in [-0.3, -0.25) is 0 Å². The summed E-state index contributed by atoms with van der Waals surface area (Å²) < 4.78 is 70.7. The maximum Gasteiger partial charge on any atom is 0.326 e. The lowest BCUT2D eigenvalue weighted by Crippen LogP contribution is -2.28. The van der Waals surface area contributed by atoms with Crippen LogP contribution in [0, 0.1) is 49.9 Å². The molecule has 0 aliphatic carbocycles. The summed E-state index contributed by atoms with van der Waals surface area (Å²) in [5.74, 6) is -7.68. The Labute approximate surface area is 161 Å². The van der Waals surface area contributed by atoms with E-state index in [0.717, 1.165) is 18.8 Å². The molecule has 0 fully saturated rings. The highest BCUT2D eigenvalue weighted by molar-refractivity contribution is 6.53. The summed E-state index contributed by atoms with van der Waals surface area (Å²) >= 11 is 0. The molecular formula is C21H18BF5O+. The van der Waals surface area contributed by atoms with Crippen LogP contribution in [0.1, 0.15) is 22.6 Å². The number of rotatable bonds is 3. The second kappa shape index (κ2) is 9.49. The second-order valence-electron chi connectivity index (χ2n) is 6.23. The fourth-order valence-electron chi connectivity index (χ4n) is 2.63. The smallest absolute Gasteiger partial charge is 0.218 e. The minimum Gasteiger partial charge on any atom is -0.218 e. The van der Waals surface area contributed by atoms with Crippen molar-refractivity contribution in [2.24, 2.45) is 0 Å². The van der Waals surface area contributed by atoms with E-state index in [1.54, 1.807) is 30.3 Å². The third-order valence-electron chi connectivity index (χ3n) is 3.81. The zero-order chi connectivity index (χ0) is 20.8. The Hall–Kier alpha value is -2.70. The molecule has 0 bridgehead atoms. The maximum atomic E-state index is 13.4. The summed E-state index contributed by atoms with van der Waals surface area (Å²) in [5, 5.41) is 0. The lowest BCUT2D eigenvalue weighted by atomic mass is 9.64. The Morgan fingerprint density at radius 3 is 1.64 bits per heavy atom. The molecule has 0 atom stereocenters. The molecule has 28 heavy (non-hydrogen) atoms. The Bertz CT molecular complexity index is 881. The minimum atomic E-state index is -2.15. The molecule has 0 aliphatic rings. The van der Waals surface area contributed by atoms with Crippen molar-refractivity contribution in [3.8, 4) is 0 Å². The van der Waals surface area contributed by atoms with Crippen LogP contribution >= 0.6 is 0 Å². The van der Waals surface area contributed by atoms with Gasteiger partial charge in [-0.2, -0.15) is 0 Å². The molecular weight excluding hydrogens is 374 g/mol. The van der Waals surface area contributed by atoms with Crippen LogP contribution < -0.4 is 5.46 Å². The van der Waals surface area contributed by atoms with E-state index >= 15 is 0 Å². The summed E-state index contributed by atoms with van der Waals surface area (Å²) in [5.41, 5.74) is 1.06. The topological polar surface area (TPSA) is 11.3 Å². The first-order chi connectivity index (χ1) is 13.2. The lowest BCUT2D eigenvalue weighted by Gasteiger charge is -2.07. The Morgan fingerprint density at radius 1 is 0.714 bits per heavy atom. The fourth-order valence-corrected chi connectivity index (χ4v) is 2.63. The molecule has 3 aromatic rings. The molecule has 0 saturated carbocycles. The standard InChI is InChI=1S/C13H7BF5.C8H11O/c15-9-8(10(16)12(18)13(19)11(9)17)14-6-7-4-2-1-3-5-7;1-6-4-7(2)9-8(3)5-6/h1-5H,6H2;4-5H,1-3H3/q;+1. The molecule has 0 N–H and O–H groups in total. The third-order valence-corrected chi connectivity index (χ3v) is 3.81. The molecule has 3 rings (SSSR count). The Morgan fingerprint density at radius 2 is 1.18 bits per heavy atom. The van der Waals surface area contributed by atoms with Gasteiger partial charge in [0.05, 0.1) is 13.8 Å². The van der Waals surface area contributed by atoms with Crippen molar-refractivity contribution in [2.75, 3.05) is 0 Å². The molecule has 1 heterocycles. The van der Waals surface area contributed by atoms with Crippen LogP contribution in [0.15, 0.2) is 46.9 Å². The number of hydrogen-bond donors (Lipinski definition) is 0. The molecule has 2 aromatic carbocycles. The van der Waals surface area contributed by atoms with Gasteiger partial charge in [0.1, 0.15) is 0 Å². The van der Waals surface area contributed by atoms with E-state index in [4.69, 9.17) is 4.42 Å². The SMILES string of the molecule is Cc1cc(C)[o+]c(C)c1.Fc1c(F)c(F)c([B]Cc2ccccc2)c(F)c1F. The number of hydrogen-bond acceptors (Lipinski definition) is 0. The van der Waals surface area contributed by atoms with Crippen LogP contribution in [0.3, 0.4) is 0 Å². The average molecular weight is 392 g/mol. The summed E-state index contributed by atoms with van der Waals surface area (Å²) in [6.07, 6.45) is 0.0686. The zero-order valence-electron chi connectivity index (χ0n) is 15.6. The van der Waals surface area contributed by atoms with Crippen LogP contribution in [0.4, 0.5) is 22.0 Å². The van der Waals surface area contributed by atoms with Crippen LogP contribution in [-0.4, -0.2) is 7.28 Å². The largest absolute Gasteiger partial charge is 0.326 e. The molecule has 0 aliphatic heterocycles. The van der Waals surface area contributed by atoms with Crippen LogP contribution in [0.25, 0.3) is 0 Å². The second-order valence-corrected chi connectivity index (χ2v) is 6.23. The van der Waals surface area contributed by atoms with Crippen molar-refractivity contribution in [3.05, 3.63) is 94.2 Å². The van der Waals surface area contributed by atoms with E-state index in [1.807, 2.05) is 26.0 Å². The van der Waals surface area contributed by atoms with Gasteiger partial charge in [-0.25, -0.2) is 26.4 Å². The summed E-state index contributed by atoms with van der Waals surface area (Å²) in [4.78, 5) is 0. The van der Waals surface area contributed by atoms with E-state index in [0.29, 0.717) is 5.56 Å². The maximum absolute atomic E-state index is 13.4. The molecule has 1 aromatic heterocycles. The molecule has 145 valence electrons. The monoisotopic (exact) mass is 392 g/mol. The zero-order valence-corrected chi connectivity index (χ0v) is 15.6. The van der Waals surface area contributed by atoms with Gasteiger partial charge in [-0.05, 0) is 24.3 Å². The van der Waals surface area contributed by atoms with Crippen molar-refractivity contribution >= 4 is 12.7 Å². The van der Waals surface area contributed by atoms with Crippen molar-refractivity contribution in [1.29, 1.82) is 0 Å². The predicted molar refractivity (Wildman–Crippen MR) is 99.1 cm³/mol. The molecule has 1 radical (unpaired) electrons. The molecule has 0 spiro atoms. The first-order valence-corrected chi connectivity index (χ1v) is 8.47. The van der Waals surface area contributed by atoms with Gasteiger partial charge in [-0.15, -0.1) is 0 Å². The summed E-state index contributed by atoms with van der Waals surface area (Å²) in [7, 11) is 0.978. The number of aryl methyl sites for hydroxylation is 3. The van der Waals surface area contributed by atoms with E-state index in [-0.39, 0.29) is 6.32 Å². The normalized spacial score (nSPS) is 10.3. The molecule has 0 unspecified atom stereocenters. The quantitative estimate of drug-likeness (QED) is 0.191. The first kappa shape index (κ1) is 21.6.